The fourth-order valence-electron chi connectivity index (χ4n) is 14.1. The van der Waals surface area contributed by atoms with Crippen molar-refractivity contribution in [2.24, 2.45) is 11.7 Å². The smallest absolute Gasteiger partial charge is 0.416 e. The van der Waals surface area contributed by atoms with Crippen LogP contribution in [-0.4, -0.2) is 203 Å². The monoisotopic (exact) mass is 1660 g/mol. The Morgan fingerprint density at radius 1 is 0.707 bits per heavy atom. The minimum atomic E-state index is -4.60. The van der Waals surface area contributed by atoms with Gasteiger partial charge in [-0.25, -0.2) is 4.79 Å². The molecule has 0 radical (unpaired) electrons. The summed E-state index contributed by atoms with van der Waals surface area (Å²) in [4.78, 5) is 131. The molecule has 2 saturated heterocycles. The maximum Gasteiger partial charge on any atom is 0.416 e. The number of hydrogen-bond acceptors (Lipinski definition) is 26. The summed E-state index contributed by atoms with van der Waals surface area (Å²) in [5, 5.41) is 138. The molecule has 7 aliphatic rings. The van der Waals surface area contributed by atoms with Gasteiger partial charge in [0, 0.05) is 35.7 Å². The van der Waals surface area contributed by atoms with E-state index in [1.165, 1.54) is 39.1 Å². The van der Waals surface area contributed by atoms with Crippen molar-refractivity contribution in [1.29, 1.82) is 0 Å². The SMILES string of the molecule is CN[C@H](CC(C)C)C(=O)N[C@H]1C(=O)N[C@@H](CC(N)=O)C(=O)N[C@H]2C(=O)N[C@H]3C(=O)N[C@H](C(=O)N[C@H](C(=O)O)c4cc(O)cc(O)c4-c4cc3ccc4O)[C@H](O)c3ccc(c(Cl)c3)Oc3cc2cc(c3O[C@@H]2O[C@H](CO)[C@@H](O)[C@H](O)[C@H]2O[C@H]2C[C@](C)(NC(=O)CNCc3ccc(C(F)(F)F)cc3)[C@H](O)[C@H](C)O2)Oc2ccc(cc2Cl)[C@H]1O. The number of halogens is 5. The molecule has 0 spiro atoms. The number of carbonyl (C=O) groups is 9. The van der Waals surface area contributed by atoms with Crippen LogP contribution in [0.2, 0.25) is 10.0 Å². The Kier molecular flexibility index (Phi) is 26.3. The van der Waals surface area contributed by atoms with E-state index in [1.54, 1.807) is 13.8 Å². The van der Waals surface area contributed by atoms with Crippen molar-refractivity contribution in [1.82, 2.24) is 47.9 Å². The van der Waals surface area contributed by atoms with Crippen LogP contribution in [0.1, 0.15) is 116 Å². The normalized spacial score (nSPS) is 27.2. The quantitative estimate of drug-likeness (QED) is 0.0585. The Labute approximate surface area is 667 Å². The number of hydrogen-bond donors (Lipinski definition) is 20. The number of primary amides is 1. The number of nitrogens with two attached hydrogens (primary N) is 1. The topological polar surface area (TPSA) is 546 Å². The summed E-state index contributed by atoms with van der Waals surface area (Å²) in [5.74, 6) is -17.5. The van der Waals surface area contributed by atoms with Crippen molar-refractivity contribution in [2.75, 3.05) is 20.2 Å². The van der Waals surface area contributed by atoms with Gasteiger partial charge in [-0.2, -0.15) is 13.2 Å². The average Bonchev–Trinajstić information content (AvgIpc) is 0.766. The molecule has 18 atom stereocenters. The first-order valence-electron chi connectivity index (χ1n) is 36.1. The van der Waals surface area contributed by atoms with E-state index in [1.807, 2.05) is 0 Å². The molecular formula is C76H83Cl2F3N10O25. The highest BCUT2D eigenvalue weighted by atomic mass is 35.5. The summed E-state index contributed by atoms with van der Waals surface area (Å²) in [6.07, 6.45) is -25.0. The van der Waals surface area contributed by atoms with Crippen LogP contribution in [0.4, 0.5) is 13.2 Å². The Balaban J connectivity index is 1.09. The zero-order valence-corrected chi connectivity index (χ0v) is 63.5. The predicted octanol–water partition coefficient (Wildman–Crippen LogP) is 2.07. The average molecular weight is 1660 g/mol. The highest BCUT2D eigenvalue weighted by Crippen LogP contribution is 2.50. The lowest BCUT2D eigenvalue weighted by Crippen LogP contribution is -2.66. The summed E-state index contributed by atoms with van der Waals surface area (Å²) in [6, 6.07) is 2.70. The molecule has 6 aromatic carbocycles. The van der Waals surface area contributed by atoms with E-state index in [2.05, 4.69) is 47.9 Å². The molecule has 2 fully saturated rings. The van der Waals surface area contributed by atoms with Crippen LogP contribution >= 0.6 is 23.2 Å². The van der Waals surface area contributed by atoms with Crippen LogP contribution in [-0.2, 0) is 70.1 Å². The van der Waals surface area contributed by atoms with Crippen molar-refractivity contribution in [3.63, 3.8) is 0 Å². The summed E-state index contributed by atoms with van der Waals surface area (Å²) in [6.45, 7) is 4.83. The number of amides is 8. The lowest BCUT2D eigenvalue weighted by molar-refractivity contribution is -0.334. The number of carbonyl (C=O) groups excluding carboxylic acids is 8. The van der Waals surface area contributed by atoms with Gasteiger partial charge in [0.2, 0.25) is 59.3 Å². The third-order valence-corrected chi connectivity index (χ3v) is 20.6. The number of nitrogens with one attached hydrogen (secondary N) is 9. The molecule has 8 amide bonds. The molecule has 622 valence electrons. The molecule has 21 N–H and O–H groups in total. The van der Waals surface area contributed by atoms with Gasteiger partial charge in [-0.05, 0) is 128 Å². The number of likely N-dealkylation sites (N-methyl/N-ethyl adjacent to an activating group) is 1. The van der Waals surface area contributed by atoms with Crippen LogP contribution < -0.4 is 67.8 Å². The number of ether oxygens (including phenoxy) is 6. The van der Waals surface area contributed by atoms with E-state index in [0.29, 0.717) is 5.56 Å². The van der Waals surface area contributed by atoms with Gasteiger partial charge >= 0.3 is 12.1 Å². The standard InChI is InChI=1S/C76H83Cl2F3N10O25/c1-29(2)16-42(83-5)67(103)89-58-60(98)33-9-14-46(40(77)18-33)112-48-20-35-21-49(64(48)116-74-65(63(101)62(100)50(28-92)114-74)115-53-25-75(4,66(102)30(3)111-53)91-52(97)27-84-26-31-6-11-36(12-7-31)76(79,80)81)113-47-15-10-34(19-41(47)78)61(99)59-72(108)88-57(73(109)110)39-22-37(93)23-45(95)54(39)38-17-32(8-13-44(38)94)55(69(105)90-59)87-70(106)56(35)86-68(104)43(24-51(82)96)85-71(58)107/h6-15,17-23,29-30,42-43,50,53,55-63,65-66,74,83-84,92-95,98-102H,16,24-28H2,1-5H3,(H2,82,96)(H,85,107)(H,86,104)(H,87,106)(H,88,108)(H,89,103)(H,90,105)(H,91,97)(H,109,110)/t30-,42+,43-,50+,53-,55+,56+,57-,58+,59-,60+,61+,62+,63-,65+,66+,74-,75-/m0/s1. The summed E-state index contributed by atoms with van der Waals surface area (Å²) < 4.78 is 78.7. The van der Waals surface area contributed by atoms with Crippen LogP contribution in [0, 0.1) is 5.92 Å². The van der Waals surface area contributed by atoms with Gasteiger partial charge < -0.3 is 133 Å². The second-order valence-corrected chi connectivity index (χ2v) is 29.8. The number of rotatable bonds is 18. The number of phenols is 3. The third-order valence-electron chi connectivity index (χ3n) is 20.1. The lowest BCUT2D eigenvalue weighted by atomic mass is 9.85. The molecule has 13 rings (SSSR count). The van der Waals surface area contributed by atoms with Crippen LogP contribution in [0.3, 0.4) is 0 Å². The zero-order chi connectivity index (χ0) is 84.4. The van der Waals surface area contributed by atoms with E-state index in [-0.39, 0.29) is 30.0 Å². The molecule has 7 heterocycles. The largest absolute Gasteiger partial charge is 0.508 e. The van der Waals surface area contributed by atoms with Crippen LogP contribution in [0.5, 0.6) is 46.0 Å². The van der Waals surface area contributed by atoms with Gasteiger partial charge in [-0.3, -0.25) is 38.4 Å². The first-order valence-corrected chi connectivity index (χ1v) is 36.8. The van der Waals surface area contributed by atoms with Gasteiger partial charge in [0.05, 0.1) is 52.9 Å². The van der Waals surface area contributed by atoms with Gasteiger partial charge in [-0.15, -0.1) is 0 Å². The molecule has 0 aromatic heterocycles. The van der Waals surface area contributed by atoms with Crippen LogP contribution in [0.15, 0.2) is 103 Å². The molecule has 116 heavy (non-hydrogen) atoms. The van der Waals surface area contributed by atoms with Crippen molar-refractivity contribution in [3.05, 3.63) is 152 Å². The number of aliphatic hydroxyl groups excluding tert-OH is 6. The van der Waals surface area contributed by atoms with E-state index < -0.39 is 284 Å². The summed E-state index contributed by atoms with van der Waals surface area (Å²) in [5.41, 5.74) is 0.436. The first kappa shape index (κ1) is 86.1. The Hall–Kier alpha value is -10.7. The minimum Gasteiger partial charge on any atom is -0.508 e. The van der Waals surface area contributed by atoms with E-state index in [0.717, 1.165) is 84.9 Å². The molecule has 0 saturated carbocycles. The molecule has 11 bridgehead atoms. The summed E-state index contributed by atoms with van der Waals surface area (Å²) >= 11 is 14.2. The van der Waals surface area contributed by atoms with Crippen LogP contribution in [0.25, 0.3) is 11.1 Å². The molecule has 0 aliphatic carbocycles. The number of phenolic OH excluding ortho intramolecular Hbond substituents is 3. The number of fused-ring (bicyclic) bond motifs is 15. The molecule has 40 heteroatoms. The second-order valence-electron chi connectivity index (χ2n) is 29.0. The van der Waals surface area contributed by atoms with E-state index in [9.17, 15) is 93.0 Å². The Morgan fingerprint density at radius 3 is 1.91 bits per heavy atom. The van der Waals surface area contributed by atoms with Crippen molar-refractivity contribution in [2.45, 2.75) is 169 Å². The first-order chi connectivity index (χ1) is 54.7. The molecule has 7 aliphatic heterocycles. The number of carboxylic acids is 1. The van der Waals surface area contributed by atoms with Gasteiger partial charge in [-0.1, -0.05) is 67.4 Å². The lowest BCUT2D eigenvalue weighted by Gasteiger charge is -2.48. The number of carboxylic acid groups (broad SMARTS) is 1. The molecular weight excluding hydrogens is 1580 g/mol. The van der Waals surface area contributed by atoms with Gasteiger partial charge in [0.15, 0.2) is 29.9 Å². The zero-order valence-electron chi connectivity index (χ0n) is 62.0. The maximum absolute atomic E-state index is 16.2. The fourth-order valence-corrected chi connectivity index (χ4v) is 14.5. The number of alkyl halides is 3. The molecule has 0 unspecified atom stereocenters. The second kappa shape index (κ2) is 35.4. The van der Waals surface area contributed by atoms with Gasteiger partial charge in [0.1, 0.15) is 95.6 Å². The maximum atomic E-state index is 16.2. The molecule has 6 aromatic rings. The van der Waals surface area contributed by atoms with Crippen molar-refractivity contribution in [3.8, 4) is 57.1 Å². The summed E-state index contributed by atoms with van der Waals surface area (Å²) in [7, 11) is 1.45. The number of benzene rings is 6. The minimum absolute atomic E-state index is 0.0718. The number of aliphatic hydroxyl groups is 6. The van der Waals surface area contributed by atoms with E-state index >= 15 is 14.4 Å². The Bertz CT molecular complexity index is 4780. The van der Waals surface area contributed by atoms with E-state index in [4.69, 9.17) is 57.4 Å². The number of aliphatic carboxylic acids is 1. The predicted molar refractivity (Wildman–Crippen MR) is 396 cm³/mol. The van der Waals surface area contributed by atoms with Gasteiger partial charge in [0.25, 0.3) is 0 Å². The molecule has 35 nitrogen and oxygen atoms in total. The number of aromatic hydroxyl groups is 3. The highest BCUT2D eigenvalue weighted by molar-refractivity contribution is 6.32. The van der Waals surface area contributed by atoms with Crippen molar-refractivity contribution < 1.29 is 136 Å². The van der Waals surface area contributed by atoms with Crippen molar-refractivity contribution >= 4 is 76.4 Å². The highest BCUT2D eigenvalue weighted by Gasteiger charge is 2.53. The third kappa shape index (κ3) is 19.0. The Morgan fingerprint density at radius 2 is 1.32 bits per heavy atom. The fraction of sp³-hybridized carbons (Fsp3) is 0.408.